The summed E-state index contributed by atoms with van der Waals surface area (Å²) >= 11 is 3.44. The molecule has 2 N–H and O–H groups in total. The molecule has 3 aromatic carbocycles. The molecular formula is C36H43BrN4O2. The Bertz CT molecular complexity index is 1290. The molecule has 5 rings (SSSR count). The Morgan fingerprint density at radius 2 is 1.56 bits per heavy atom. The first kappa shape index (κ1) is 31.2. The smallest absolute Gasteiger partial charge is 0.244 e. The predicted octanol–water partition coefficient (Wildman–Crippen LogP) is 5.85. The Kier molecular flexibility index (Phi) is 11.6. The van der Waals surface area contributed by atoms with Crippen molar-refractivity contribution in [3.8, 4) is 0 Å². The van der Waals surface area contributed by atoms with Gasteiger partial charge in [0.15, 0.2) is 0 Å². The van der Waals surface area contributed by atoms with E-state index in [1.165, 1.54) is 30.4 Å². The molecule has 6 nitrogen and oxygen atoms in total. The van der Waals surface area contributed by atoms with Crippen LogP contribution in [0.25, 0.3) is 6.08 Å². The molecule has 2 aliphatic heterocycles. The van der Waals surface area contributed by atoms with Crippen molar-refractivity contribution in [3.63, 3.8) is 0 Å². The molecule has 43 heavy (non-hydrogen) atoms. The molecule has 0 saturated carbocycles. The molecule has 226 valence electrons. The standard InChI is InChI=1S/C36H43BrN4O2/c37-31-17-14-28(15-18-31)16-19-35(42)38-26-32-20-25-41(36(43)34(39-32)21-24-40-22-8-3-9-23-40)27-33(29-10-4-1-5-11-29)30-12-6-2-7-13-30/h1-2,4-7,10-19,32-34,39H,3,8-9,20-27H2,(H,38,42)/b19-16+/t32?,34-/m0/s1. The first-order valence-corrected chi connectivity index (χ1v) is 16.4. The summed E-state index contributed by atoms with van der Waals surface area (Å²) < 4.78 is 1.01. The molecule has 2 fully saturated rings. The van der Waals surface area contributed by atoms with Gasteiger partial charge in [-0.25, -0.2) is 0 Å². The Labute approximate surface area is 264 Å². The number of nitrogens with one attached hydrogen (secondary N) is 2. The summed E-state index contributed by atoms with van der Waals surface area (Å²) in [4.78, 5) is 31.4. The Morgan fingerprint density at radius 3 is 2.21 bits per heavy atom. The van der Waals surface area contributed by atoms with Crippen LogP contribution in [0.3, 0.4) is 0 Å². The molecule has 0 radical (unpaired) electrons. The van der Waals surface area contributed by atoms with Crippen molar-refractivity contribution in [2.45, 2.75) is 50.1 Å². The third-order valence-electron chi connectivity index (χ3n) is 8.60. The normalized spacial score (nSPS) is 20.0. The van der Waals surface area contributed by atoms with Crippen LogP contribution >= 0.6 is 15.9 Å². The van der Waals surface area contributed by atoms with E-state index in [0.29, 0.717) is 19.6 Å². The van der Waals surface area contributed by atoms with Crippen molar-refractivity contribution >= 4 is 33.8 Å². The minimum atomic E-state index is -0.281. The van der Waals surface area contributed by atoms with Crippen LogP contribution in [-0.2, 0) is 9.59 Å². The number of nitrogens with zero attached hydrogens (tertiary/aromatic N) is 2. The quantitative estimate of drug-likeness (QED) is 0.258. The highest BCUT2D eigenvalue weighted by molar-refractivity contribution is 9.10. The molecule has 2 amide bonds. The summed E-state index contributed by atoms with van der Waals surface area (Å²) in [6, 6.07) is 28.6. The zero-order valence-corrected chi connectivity index (χ0v) is 26.4. The number of likely N-dealkylation sites (tertiary alicyclic amines) is 1. The topological polar surface area (TPSA) is 64.7 Å². The van der Waals surface area contributed by atoms with Crippen LogP contribution in [-0.4, -0.2) is 73.0 Å². The molecule has 2 saturated heterocycles. The van der Waals surface area contributed by atoms with E-state index in [1.54, 1.807) is 6.08 Å². The molecule has 2 aliphatic rings. The maximum atomic E-state index is 14.1. The maximum Gasteiger partial charge on any atom is 0.244 e. The summed E-state index contributed by atoms with van der Waals surface area (Å²) in [6.07, 6.45) is 8.71. The summed E-state index contributed by atoms with van der Waals surface area (Å²) in [5.41, 5.74) is 3.39. The van der Waals surface area contributed by atoms with Crippen molar-refractivity contribution in [1.29, 1.82) is 0 Å². The molecule has 2 heterocycles. The van der Waals surface area contributed by atoms with Crippen LogP contribution in [0.2, 0.25) is 0 Å². The van der Waals surface area contributed by atoms with E-state index in [9.17, 15) is 9.59 Å². The molecule has 0 aliphatic carbocycles. The van der Waals surface area contributed by atoms with E-state index in [4.69, 9.17) is 0 Å². The fraction of sp³-hybridized carbons (Fsp3) is 0.389. The van der Waals surface area contributed by atoms with Crippen molar-refractivity contribution in [2.24, 2.45) is 0 Å². The Morgan fingerprint density at radius 1 is 0.907 bits per heavy atom. The van der Waals surface area contributed by atoms with Gasteiger partial charge in [0.05, 0.1) is 6.04 Å². The summed E-state index contributed by atoms with van der Waals surface area (Å²) in [5.74, 6) is 0.127. The van der Waals surface area contributed by atoms with Gasteiger partial charge in [-0.15, -0.1) is 0 Å². The van der Waals surface area contributed by atoms with Crippen LogP contribution in [0.5, 0.6) is 0 Å². The van der Waals surface area contributed by atoms with Gasteiger partial charge in [-0.3, -0.25) is 9.59 Å². The number of benzene rings is 3. The monoisotopic (exact) mass is 642 g/mol. The zero-order chi connectivity index (χ0) is 29.9. The third-order valence-corrected chi connectivity index (χ3v) is 9.13. The number of hydrogen-bond acceptors (Lipinski definition) is 4. The van der Waals surface area contributed by atoms with E-state index < -0.39 is 0 Å². The average Bonchev–Trinajstić information content (AvgIpc) is 3.20. The van der Waals surface area contributed by atoms with Crippen LogP contribution in [0.1, 0.15) is 54.7 Å². The highest BCUT2D eigenvalue weighted by atomic mass is 79.9. The number of hydrogen-bond donors (Lipinski definition) is 2. The van der Waals surface area contributed by atoms with Crippen molar-refractivity contribution in [1.82, 2.24) is 20.4 Å². The number of rotatable bonds is 11. The number of carbonyl (C=O) groups excluding carboxylic acids is 2. The molecule has 3 aromatic rings. The van der Waals surface area contributed by atoms with Gasteiger partial charge in [0, 0.05) is 48.7 Å². The van der Waals surface area contributed by atoms with E-state index in [-0.39, 0.29) is 29.8 Å². The minimum absolute atomic E-state index is 0.0113. The molecule has 0 aromatic heterocycles. The van der Waals surface area contributed by atoms with Crippen LogP contribution in [0.4, 0.5) is 0 Å². The summed E-state index contributed by atoms with van der Waals surface area (Å²) in [7, 11) is 0. The van der Waals surface area contributed by atoms with E-state index in [0.717, 1.165) is 42.5 Å². The van der Waals surface area contributed by atoms with Crippen molar-refractivity contribution < 1.29 is 9.59 Å². The van der Waals surface area contributed by atoms with Gasteiger partial charge >= 0.3 is 0 Å². The third kappa shape index (κ3) is 9.36. The second-order valence-corrected chi connectivity index (χ2v) is 12.6. The number of halogens is 1. The van der Waals surface area contributed by atoms with Gasteiger partial charge in [0.2, 0.25) is 11.8 Å². The minimum Gasteiger partial charge on any atom is -0.351 e. The molecule has 1 unspecified atom stereocenters. The molecule has 7 heteroatoms. The van der Waals surface area contributed by atoms with Crippen molar-refractivity contribution in [3.05, 3.63) is 112 Å². The Hall–Kier alpha value is -3.26. The lowest BCUT2D eigenvalue weighted by Gasteiger charge is -2.31. The lowest BCUT2D eigenvalue weighted by molar-refractivity contribution is -0.133. The predicted molar refractivity (Wildman–Crippen MR) is 178 cm³/mol. The number of carbonyl (C=O) groups is 2. The highest BCUT2D eigenvalue weighted by Gasteiger charge is 2.33. The van der Waals surface area contributed by atoms with E-state index in [2.05, 4.69) is 84.9 Å². The highest BCUT2D eigenvalue weighted by Crippen LogP contribution is 2.27. The fourth-order valence-corrected chi connectivity index (χ4v) is 6.41. The van der Waals surface area contributed by atoms with Crippen LogP contribution < -0.4 is 10.6 Å². The summed E-state index contributed by atoms with van der Waals surface area (Å²) in [5, 5.41) is 6.73. The van der Waals surface area contributed by atoms with E-state index >= 15 is 0 Å². The number of amides is 2. The first-order chi connectivity index (χ1) is 21.0. The largest absolute Gasteiger partial charge is 0.351 e. The number of piperidine rings is 1. The van der Waals surface area contributed by atoms with Crippen molar-refractivity contribution in [2.75, 3.05) is 39.3 Å². The molecule has 0 bridgehead atoms. The first-order valence-electron chi connectivity index (χ1n) is 15.6. The van der Waals surface area contributed by atoms with Gasteiger partial charge in [-0.05, 0) is 73.7 Å². The lowest BCUT2D eigenvalue weighted by Crippen LogP contribution is -2.50. The van der Waals surface area contributed by atoms with Gasteiger partial charge in [0.25, 0.3) is 0 Å². The summed E-state index contributed by atoms with van der Waals surface area (Å²) in [6.45, 7) is 4.89. The second kappa shape index (κ2) is 16.0. The lowest BCUT2D eigenvalue weighted by atomic mass is 9.90. The van der Waals surface area contributed by atoms with Gasteiger partial charge < -0.3 is 20.4 Å². The second-order valence-electron chi connectivity index (χ2n) is 11.7. The molecule has 0 spiro atoms. The Balaban J connectivity index is 1.28. The zero-order valence-electron chi connectivity index (χ0n) is 24.8. The van der Waals surface area contributed by atoms with Crippen LogP contribution in [0, 0.1) is 0 Å². The average molecular weight is 644 g/mol. The van der Waals surface area contributed by atoms with Gasteiger partial charge in [-0.2, -0.15) is 0 Å². The van der Waals surface area contributed by atoms with Gasteiger partial charge in [0.1, 0.15) is 0 Å². The van der Waals surface area contributed by atoms with E-state index in [1.807, 2.05) is 42.5 Å². The maximum absolute atomic E-state index is 14.1. The molecule has 2 atom stereocenters. The SMILES string of the molecule is O=C(/C=C/c1ccc(Br)cc1)NCC1CCN(CC(c2ccccc2)c2ccccc2)C(=O)[C@H](CCN2CCCCC2)N1. The van der Waals surface area contributed by atoms with Gasteiger partial charge in [-0.1, -0.05) is 95.1 Å². The molecular weight excluding hydrogens is 600 g/mol. The fourth-order valence-electron chi connectivity index (χ4n) is 6.15. The van der Waals surface area contributed by atoms with Crippen LogP contribution in [0.15, 0.2) is 95.5 Å².